The first-order chi connectivity index (χ1) is 21.9. The number of likely N-dealkylation sites (tertiary alicyclic amines) is 1. The number of ether oxygens (including phenoxy) is 1. The minimum atomic E-state index is -1.02. The van der Waals surface area contributed by atoms with E-state index in [0.717, 1.165) is 37.6 Å². The first kappa shape index (κ1) is 33.7. The number of carboxylic acids is 1. The maximum absolute atomic E-state index is 14.1. The van der Waals surface area contributed by atoms with Crippen LogP contribution in [0.3, 0.4) is 0 Å². The largest absolute Gasteiger partial charge is 0.477 e. The van der Waals surface area contributed by atoms with E-state index in [-0.39, 0.29) is 35.3 Å². The molecule has 10 nitrogen and oxygen atoms in total. The fourth-order valence-corrected chi connectivity index (χ4v) is 8.05. The van der Waals surface area contributed by atoms with Crippen LogP contribution < -0.4 is 10.6 Å². The number of hydrogen-bond acceptors (Lipinski definition) is 5. The van der Waals surface area contributed by atoms with Crippen molar-refractivity contribution in [3.8, 4) is 0 Å². The van der Waals surface area contributed by atoms with Crippen LogP contribution in [0.5, 0.6) is 0 Å². The number of amides is 3. The van der Waals surface area contributed by atoms with Crippen LogP contribution in [-0.4, -0.2) is 69.4 Å². The first-order valence-corrected chi connectivity index (χ1v) is 16.9. The van der Waals surface area contributed by atoms with Crippen molar-refractivity contribution in [1.82, 2.24) is 14.8 Å². The molecule has 0 bridgehead atoms. The van der Waals surface area contributed by atoms with Gasteiger partial charge < -0.3 is 29.9 Å². The van der Waals surface area contributed by atoms with Crippen LogP contribution in [-0.2, 0) is 21.4 Å². The van der Waals surface area contributed by atoms with Gasteiger partial charge in [0.2, 0.25) is 11.8 Å². The SMILES string of the molecule is Cn1c(C(=O)O)cc2cc(NC(=O)[C@@H]3[C@H](C4CCCCC4)CCN3C(=O)[C@H]3CC[C@H](C(CF)NC(=O)OC(C)(C)C)CC3)ccc21. The summed E-state index contributed by atoms with van der Waals surface area (Å²) in [4.78, 5) is 53.9. The number of halogens is 1. The molecule has 2 saturated carbocycles. The van der Waals surface area contributed by atoms with Gasteiger partial charge in [-0.05, 0) is 94.9 Å². The van der Waals surface area contributed by atoms with Crippen LogP contribution >= 0.6 is 0 Å². The summed E-state index contributed by atoms with van der Waals surface area (Å²) in [5.41, 5.74) is 0.801. The van der Waals surface area contributed by atoms with Crippen molar-refractivity contribution in [1.29, 1.82) is 0 Å². The molecule has 0 spiro atoms. The highest BCUT2D eigenvalue weighted by molar-refractivity contribution is 6.01. The Morgan fingerprint density at radius 3 is 2.33 bits per heavy atom. The number of carbonyl (C=O) groups is 4. The lowest BCUT2D eigenvalue weighted by molar-refractivity contribution is -0.142. The quantitative estimate of drug-likeness (QED) is 0.311. The molecule has 3 aliphatic rings. The number of alkyl halides is 1. The molecule has 3 fully saturated rings. The van der Waals surface area contributed by atoms with Gasteiger partial charge in [-0.25, -0.2) is 14.0 Å². The van der Waals surface area contributed by atoms with Gasteiger partial charge >= 0.3 is 12.1 Å². The average Bonchev–Trinajstić information content (AvgIpc) is 3.61. The van der Waals surface area contributed by atoms with Crippen molar-refractivity contribution < 1.29 is 33.4 Å². The van der Waals surface area contributed by atoms with Crippen LogP contribution in [0.15, 0.2) is 24.3 Å². The number of anilines is 1. The van der Waals surface area contributed by atoms with E-state index in [1.165, 1.54) is 6.42 Å². The second-order valence-corrected chi connectivity index (χ2v) is 14.5. The molecule has 2 heterocycles. The highest BCUT2D eigenvalue weighted by Crippen LogP contribution is 2.41. The lowest BCUT2D eigenvalue weighted by Crippen LogP contribution is -2.50. The zero-order valence-electron chi connectivity index (χ0n) is 27.5. The molecule has 46 heavy (non-hydrogen) atoms. The van der Waals surface area contributed by atoms with E-state index >= 15 is 0 Å². The van der Waals surface area contributed by atoms with Gasteiger partial charge in [0.1, 0.15) is 24.0 Å². The highest BCUT2D eigenvalue weighted by atomic mass is 19.1. The molecule has 1 unspecified atom stereocenters. The normalized spacial score (nSPS) is 24.8. The van der Waals surface area contributed by atoms with Gasteiger partial charge in [0.05, 0.1) is 6.04 Å². The number of carbonyl (C=O) groups excluding carboxylic acids is 3. The Morgan fingerprint density at radius 2 is 1.70 bits per heavy atom. The Kier molecular flexibility index (Phi) is 10.3. The van der Waals surface area contributed by atoms with Crippen molar-refractivity contribution in [2.75, 3.05) is 18.5 Å². The van der Waals surface area contributed by atoms with Crippen molar-refractivity contribution in [3.05, 3.63) is 30.0 Å². The third-order valence-corrected chi connectivity index (χ3v) is 10.3. The maximum atomic E-state index is 14.1. The number of aromatic carboxylic acids is 1. The molecule has 252 valence electrons. The monoisotopic (exact) mass is 640 g/mol. The molecule has 3 atom stereocenters. The van der Waals surface area contributed by atoms with Crippen molar-refractivity contribution >= 4 is 40.5 Å². The number of hydrogen-bond donors (Lipinski definition) is 3. The summed E-state index contributed by atoms with van der Waals surface area (Å²) >= 11 is 0. The number of benzene rings is 1. The Hall–Kier alpha value is -3.63. The standard InChI is InChI=1S/C35H49FN4O6/c1-35(2,3)46-34(45)38-27(20-36)22-10-12-23(13-11-22)32(42)40-17-16-26(21-8-6-5-7-9-21)30(40)31(41)37-25-14-15-28-24(18-25)19-29(33(43)44)39(28)4/h14-15,18-19,21-23,26-27,30H,5-13,16-17,20H2,1-4H3,(H,37,41)(H,38,45)(H,43,44)/t22-,23-,26-,27?,30-/m0/s1. The van der Waals surface area contributed by atoms with E-state index in [0.29, 0.717) is 49.2 Å². The summed E-state index contributed by atoms with van der Waals surface area (Å²) in [6.07, 6.45) is 8.10. The molecule has 1 saturated heterocycles. The topological polar surface area (TPSA) is 130 Å². The number of carboxylic acid groups (broad SMARTS) is 1. The van der Waals surface area contributed by atoms with Gasteiger partial charge in [-0.3, -0.25) is 9.59 Å². The lowest BCUT2D eigenvalue weighted by Gasteiger charge is -2.37. The second-order valence-electron chi connectivity index (χ2n) is 14.5. The summed E-state index contributed by atoms with van der Waals surface area (Å²) in [6, 6.07) is 5.70. The fraction of sp³-hybridized carbons (Fsp3) is 0.657. The number of nitrogens with one attached hydrogen (secondary N) is 2. The number of nitrogens with zero attached hydrogens (tertiary/aromatic N) is 2. The Labute approximate surface area is 270 Å². The zero-order valence-corrected chi connectivity index (χ0v) is 27.5. The number of aromatic nitrogens is 1. The van der Waals surface area contributed by atoms with Crippen LogP contribution in [0.4, 0.5) is 14.9 Å². The van der Waals surface area contributed by atoms with Crippen molar-refractivity contribution in [3.63, 3.8) is 0 Å². The second kappa shape index (κ2) is 14.0. The summed E-state index contributed by atoms with van der Waals surface area (Å²) in [5, 5.41) is 16.0. The first-order valence-electron chi connectivity index (χ1n) is 16.9. The molecule has 3 N–H and O–H groups in total. The smallest absolute Gasteiger partial charge is 0.407 e. The fourth-order valence-electron chi connectivity index (χ4n) is 8.05. The van der Waals surface area contributed by atoms with E-state index < -0.39 is 36.4 Å². The van der Waals surface area contributed by atoms with E-state index in [2.05, 4.69) is 10.6 Å². The molecule has 1 aromatic carbocycles. The van der Waals surface area contributed by atoms with Crippen LogP contribution in [0.1, 0.15) is 95.5 Å². The zero-order chi connectivity index (χ0) is 33.2. The maximum Gasteiger partial charge on any atom is 0.407 e. The van der Waals surface area contributed by atoms with Gasteiger partial charge in [-0.2, -0.15) is 0 Å². The van der Waals surface area contributed by atoms with Crippen molar-refractivity contribution in [2.45, 2.75) is 103 Å². The van der Waals surface area contributed by atoms with Gasteiger partial charge in [0, 0.05) is 36.1 Å². The molecular weight excluding hydrogens is 591 g/mol. The Morgan fingerprint density at radius 1 is 1.00 bits per heavy atom. The Bertz CT molecular complexity index is 1440. The molecule has 1 aliphatic heterocycles. The van der Waals surface area contributed by atoms with E-state index in [4.69, 9.17) is 4.74 Å². The summed E-state index contributed by atoms with van der Waals surface area (Å²) in [5.74, 6) is -1.13. The van der Waals surface area contributed by atoms with Gasteiger partial charge in [-0.15, -0.1) is 0 Å². The third-order valence-electron chi connectivity index (χ3n) is 10.3. The predicted octanol–water partition coefficient (Wildman–Crippen LogP) is 6.28. The van der Waals surface area contributed by atoms with Gasteiger partial charge in [0.15, 0.2) is 0 Å². The molecule has 11 heteroatoms. The van der Waals surface area contributed by atoms with E-state index in [9.17, 15) is 28.7 Å². The van der Waals surface area contributed by atoms with Crippen LogP contribution in [0, 0.1) is 23.7 Å². The minimum Gasteiger partial charge on any atom is -0.477 e. The Balaban J connectivity index is 1.28. The summed E-state index contributed by atoms with van der Waals surface area (Å²) in [6.45, 7) is 5.11. The molecule has 3 amide bonds. The van der Waals surface area contributed by atoms with Gasteiger partial charge in [0.25, 0.3) is 0 Å². The molecule has 2 aliphatic carbocycles. The number of alkyl carbamates (subject to hydrolysis) is 1. The molecule has 2 aromatic rings. The summed E-state index contributed by atoms with van der Waals surface area (Å²) in [7, 11) is 1.70. The predicted molar refractivity (Wildman–Crippen MR) is 173 cm³/mol. The highest BCUT2D eigenvalue weighted by Gasteiger charge is 2.47. The molecule has 5 rings (SSSR count). The summed E-state index contributed by atoms with van der Waals surface area (Å²) < 4.78 is 20.9. The molecular formula is C35H49FN4O6. The molecule has 0 radical (unpaired) electrons. The van der Waals surface area contributed by atoms with Crippen LogP contribution in [0.2, 0.25) is 0 Å². The van der Waals surface area contributed by atoms with E-state index in [1.807, 2.05) is 0 Å². The molecule has 1 aromatic heterocycles. The number of aryl methyl sites for hydroxylation is 1. The third kappa shape index (κ3) is 7.50. The van der Waals surface area contributed by atoms with Crippen molar-refractivity contribution in [2.24, 2.45) is 30.7 Å². The number of rotatable bonds is 8. The minimum absolute atomic E-state index is 0.0154. The van der Waals surface area contributed by atoms with Crippen LogP contribution in [0.25, 0.3) is 10.9 Å². The number of fused-ring (bicyclic) bond motifs is 1. The lowest BCUT2D eigenvalue weighted by atomic mass is 9.76. The van der Waals surface area contributed by atoms with Gasteiger partial charge in [-0.1, -0.05) is 32.1 Å². The van der Waals surface area contributed by atoms with E-state index in [1.54, 1.807) is 61.6 Å². The average molecular weight is 641 g/mol.